The van der Waals surface area contributed by atoms with Crippen LogP contribution in [0, 0.1) is 0 Å². The molecule has 1 saturated heterocycles. The van der Waals surface area contributed by atoms with Crippen molar-refractivity contribution in [3.05, 3.63) is 34.9 Å². The molecule has 6 nitrogen and oxygen atoms in total. The second-order valence-electron chi connectivity index (χ2n) is 7.17. The van der Waals surface area contributed by atoms with Crippen molar-refractivity contribution in [2.75, 3.05) is 13.1 Å². The van der Waals surface area contributed by atoms with Gasteiger partial charge in [-0.25, -0.2) is 4.99 Å². The van der Waals surface area contributed by atoms with Gasteiger partial charge in [-0.1, -0.05) is 0 Å². The summed E-state index contributed by atoms with van der Waals surface area (Å²) in [7, 11) is 0. The van der Waals surface area contributed by atoms with E-state index in [4.69, 9.17) is 4.74 Å². The third kappa shape index (κ3) is 2.33. The Hall–Kier alpha value is -1.86. The second kappa shape index (κ2) is 5.57. The van der Waals surface area contributed by atoms with Crippen molar-refractivity contribution in [1.82, 2.24) is 15.1 Å². The molecule has 1 amide bonds. The number of carbonyl (C=O) groups is 1. The van der Waals surface area contributed by atoms with E-state index in [-0.39, 0.29) is 17.3 Å². The van der Waals surface area contributed by atoms with Gasteiger partial charge < -0.3 is 4.74 Å². The van der Waals surface area contributed by atoms with Crippen LogP contribution in [0.5, 0.6) is 0 Å². The zero-order valence-corrected chi connectivity index (χ0v) is 15.1. The van der Waals surface area contributed by atoms with E-state index in [0.717, 1.165) is 47.0 Å². The lowest BCUT2D eigenvalue weighted by Crippen LogP contribution is -2.49. The number of rotatable bonds is 3. The van der Waals surface area contributed by atoms with Gasteiger partial charge in [0.05, 0.1) is 16.8 Å². The number of thioether (sulfide) groups is 1. The molecule has 1 N–H and O–H groups in total. The Labute approximate surface area is 150 Å². The lowest BCUT2D eigenvalue weighted by Gasteiger charge is -2.40. The summed E-state index contributed by atoms with van der Waals surface area (Å²) in [6.07, 6.45) is 5.76. The van der Waals surface area contributed by atoms with Crippen LogP contribution in [-0.4, -0.2) is 57.2 Å². The van der Waals surface area contributed by atoms with Crippen LogP contribution in [-0.2, 0) is 9.53 Å². The van der Waals surface area contributed by atoms with Crippen LogP contribution in [0.1, 0.15) is 32.3 Å². The highest BCUT2D eigenvalue weighted by atomic mass is 32.2. The first-order valence-electron chi connectivity index (χ1n) is 8.78. The van der Waals surface area contributed by atoms with Gasteiger partial charge in [0.2, 0.25) is 0 Å². The van der Waals surface area contributed by atoms with Crippen molar-refractivity contribution in [2.24, 2.45) is 4.99 Å². The molecule has 0 radical (unpaired) electrons. The van der Waals surface area contributed by atoms with Crippen LogP contribution in [0.4, 0.5) is 0 Å². The average molecular weight is 356 g/mol. The molecule has 5 rings (SSSR count). The quantitative estimate of drug-likeness (QED) is 0.900. The maximum absolute atomic E-state index is 12.7. The maximum Gasteiger partial charge on any atom is 0.264 e. The van der Waals surface area contributed by atoms with Gasteiger partial charge in [-0.3, -0.25) is 14.8 Å². The first-order chi connectivity index (χ1) is 12.1. The van der Waals surface area contributed by atoms with Gasteiger partial charge in [0, 0.05) is 42.9 Å². The molecule has 0 spiro atoms. The van der Waals surface area contributed by atoms with E-state index in [1.54, 1.807) is 18.0 Å². The SMILES string of the molecule is C[C@@H]1CCN1CC1=NC(=O)C2SC(c3cn[nH]c3)=C3O[C@@H](C)CC1=C32. The molecule has 0 bridgehead atoms. The van der Waals surface area contributed by atoms with Crippen LogP contribution >= 0.6 is 11.8 Å². The third-order valence-electron chi connectivity index (χ3n) is 5.47. The fourth-order valence-electron chi connectivity index (χ4n) is 3.93. The van der Waals surface area contributed by atoms with Gasteiger partial charge in [0.25, 0.3) is 5.91 Å². The predicted octanol–water partition coefficient (Wildman–Crippen LogP) is 2.37. The van der Waals surface area contributed by atoms with Gasteiger partial charge in [-0.15, -0.1) is 11.8 Å². The summed E-state index contributed by atoms with van der Waals surface area (Å²) in [6.45, 7) is 6.17. The number of aliphatic imine (C=N–C) groups is 1. The molecule has 0 aliphatic carbocycles. The second-order valence-corrected chi connectivity index (χ2v) is 8.29. The van der Waals surface area contributed by atoms with Crippen LogP contribution < -0.4 is 0 Å². The number of allylic oxidation sites excluding steroid dienone is 1. The highest BCUT2D eigenvalue weighted by Crippen LogP contribution is 2.53. The van der Waals surface area contributed by atoms with E-state index in [9.17, 15) is 4.79 Å². The molecule has 4 aliphatic rings. The summed E-state index contributed by atoms with van der Waals surface area (Å²) in [5.41, 5.74) is 4.21. The number of H-pyrrole nitrogens is 1. The monoisotopic (exact) mass is 356 g/mol. The zero-order chi connectivity index (χ0) is 17.1. The molecule has 0 saturated carbocycles. The molecular weight excluding hydrogens is 336 g/mol. The summed E-state index contributed by atoms with van der Waals surface area (Å²) in [5, 5.41) is 6.63. The smallest absolute Gasteiger partial charge is 0.264 e. The fourth-order valence-corrected chi connectivity index (χ4v) is 5.20. The number of likely N-dealkylation sites (tertiary alicyclic amines) is 1. The van der Waals surface area contributed by atoms with Gasteiger partial charge in [0.1, 0.15) is 17.1 Å². The lowest BCUT2D eigenvalue weighted by molar-refractivity contribution is -0.116. The van der Waals surface area contributed by atoms with Crippen LogP contribution in [0.3, 0.4) is 0 Å². The van der Waals surface area contributed by atoms with Crippen molar-refractivity contribution in [3.8, 4) is 0 Å². The minimum absolute atomic E-state index is 0.0546. The first kappa shape index (κ1) is 15.4. The molecule has 1 fully saturated rings. The largest absolute Gasteiger partial charge is 0.489 e. The number of nitrogens with zero attached hydrogens (tertiary/aromatic N) is 3. The number of hydrogen-bond donors (Lipinski definition) is 1. The summed E-state index contributed by atoms with van der Waals surface area (Å²) in [6, 6.07) is 0.577. The maximum atomic E-state index is 12.7. The minimum Gasteiger partial charge on any atom is -0.489 e. The van der Waals surface area contributed by atoms with E-state index >= 15 is 0 Å². The topological polar surface area (TPSA) is 70.6 Å². The number of hydrogen-bond acceptors (Lipinski definition) is 5. The van der Waals surface area contributed by atoms with Crippen molar-refractivity contribution < 1.29 is 9.53 Å². The Morgan fingerprint density at radius 2 is 2.32 bits per heavy atom. The number of amides is 1. The Balaban J connectivity index is 1.59. The molecule has 0 aromatic carbocycles. The highest BCUT2D eigenvalue weighted by molar-refractivity contribution is 8.10. The summed E-state index contributed by atoms with van der Waals surface area (Å²) in [4.78, 5) is 20.6. The van der Waals surface area contributed by atoms with Gasteiger partial charge in [-0.2, -0.15) is 5.10 Å². The number of ether oxygens (including phenoxy) is 1. The van der Waals surface area contributed by atoms with Crippen molar-refractivity contribution in [2.45, 2.75) is 44.1 Å². The van der Waals surface area contributed by atoms with E-state index in [2.05, 4.69) is 33.9 Å². The van der Waals surface area contributed by atoms with E-state index in [1.165, 1.54) is 12.0 Å². The van der Waals surface area contributed by atoms with Crippen LogP contribution in [0.15, 0.2) is 34.3 Å². The first-order valence-corrected chi connectivity index (χ1v) is 9.65. The highest BCUT2D eigenvalue weighted by Gasteiger charge is 2.46. The molecule has 1 aromatic heterocycles. The Bertz CT molecular complexity index is 839. The lowest BCUT2D eigenvalue weighted by atomic mass is 9.88. The number of aromatic nitrogens is 2. The zero-order valence-electron chi connectivity index (χ0n) is 14.3. The molecule has 4 aliphatic heterocycles. The molecular formula is C18H20N4O2S. The fraction of sp³-hybridized carbons (Fsp3) is 0.500. The minimum atomic E-state index is -0.264. The number of dihydropyridines is 1. The summed E-state index contributed by atoms with van der Waals surface area (Å²) >= 11 is 1.55. The van der Waals surface area contributed by atoms with E-state index < -0.39 is 0 Å². The molecule has 25 heavy (non-hydrogen) atoms. The molecule has 3 atom stereocenters. The number of carbonyl (C=O) groups excluding carboxylic acids is 1. The van der Waals surface area contributed by atoms with Crippen LogP contribution in [0.2, 0.25) is 0 Å². The van der Waals surface area contributed by atoms with Crippen LogP contribution in [0.25, 0.3) is 4.91 Å². The van der Waals surface area contributed by atoms with Crippen molar-refractivity contribution in [1.29, 1.82) is 0 Å². The third-order valence-corrected chi connectivity index (χ3v) is 6.80. The number of nitrogens with one attached hydrogen (secondary N) is 1. The van der Waals surface area contributed by atoms with Gasteiger partial charge in [-0.05, 0) is 25.8 Å². The Morgan fingerprint density at radius 3 is 3.00 bits per heavy atom. The predicted molar refractivity (Wildman–Crippen MR) is 97.2 cm³/mol. The van der Waals surface area contributed by atoms with Crippen molar-refractivity contribution >= 4 is 28.3 Å². The molecule has 5 heterocycles. The Kier molecular flexibility index (Phi) is 3.43. The summed E-state index contributed by atoms with van der Waals surface area (Å²) in [5.74, 6) is 0.809. The van der Waals surface area contributed by atoms with E-state index in [0.29, 0.717) is 6.04 Å². The Morgan fingerprint density at radius 1 is 1.44 bits per heavy atom. The normalized spacial score (nSPS) is 31.7. The molecule has 130 valence electrons. The average Bonchev–Trinajstić information content (AvgIpc) is 3.23. The molecule has 1 aromatic rings. The van der Waals surface area contributed by atoms with E-state index in [1.807, 2.05) is 6.20 Å². The number of aromatic amines is 1. The van der Waals surface area contributed by atoms with Gasteiger partial charge in [0.15, 0.2) is 0 Å². The van der Waals surface area contributed by atoms with Crippen molar-refractivity contribution in [3.63, 3.8) is 0 Å². The van der Waals surface area contributed by atoms with Gasteiger partial charge >= 0.3 is 0 Å². The molecule has 1 unspecified atom stereocenters. The summed E-state index contributed by atoms with van der Waals surface area (Å²) < 4.78 is 6.18. The molecule has 7 heteroatoms. The standard InChI is InChI=1S/C18H20N4O2S/c1-9-3-4-22(9)8-13-12-5-10(2)24-15-14(12)17(18(23)21-13)25-16(15)11-6-19-20-7-11/h6-7,9-10,17H,3-5,8H2,1-2H3,(H,19,20)/t9-,10+,17?/m1/s1.